The van der Waals surface area contributed by atoms with Crippen molar-refractivity contribution in [3.63, 3.8) is 0 Å². The molecule has 0 saturated heterocycles. The smallest absolute Gasteiger partial charge is 0.406 e. The number of rotatable bonds is 7. The lowest BCUT2D eigenvalue weighted by molar-refractivity contribution is -0.116. The van der Waals surface area contributed by atoms with Crippen LogP contribution in [0.2, 0.25) is 0 Å². The average Bonchev–Trinajstić information content (AvgIpc) is 2.56. The van der Waals surface area contributed by atoms with Crippen LogP contribution in [0, 0.1) is 0 Å². The highest BCUT2D eigenvalue weighted by Gasteiger charge is 2.19. The molecule has 0 bridgehead atoms. The first-order valence-corrected chi connectivity index (χ1v) is 6.88. The molecule has 1 aromatic carbocycles. The monoisotopic (exact) mass is 326 g/mol. The quantitative estimate of drug-likeness (QED) is 0.815. The number of nitrogens with zero attached hydrogens (tertiary/aromatic N) is 1. The number of nitrogens with one attached hydrogen (secondary N) is 1. The summed E-state index contributed by atoms with van der Waals surface area (Å²) >= 11 is 0. The molecule has 0 aliphatic heterocycles. The third kappa shape index (κ3) is 4.67. The van der Waals surface area contributed by atoms with Gasteiger partial charge in [-0.15, -0.1) is 0 Å². The van der Waals surface area contributed by atoms with Gasteiger partial charge in [-0.05, 0) is 0 Å². The molecule has 0 aliphatic carbocycles. The lowest BCUT2D eigenvalue weighted by Gasteiger charge is -2.23. The molecule has 0 aliphatic rings. The number of ether oxygens (including phenoxy) is 4. The molecule has 0 saturated carbocycles. The summed E-state index contributed by atoms with van der Waals surface area (Å²) in [5.41, 5.74) is 0.568. The molecule has 0 atom stereocenters. The Labute approximate surface area is 135 Å². The minimum Gasteiger partial charge on any atom is -0.493 e. The lowest BCUT2D eigenvalue weighted by Crippen LogP contribution is -2.37. The van der Waals surface area contributed by atoms with E-state index in [9.17, 15) is 9.59 Å². The van der Waals surface area contributed by atoms with Crippen LogP contribution < -0.4 is 24.4 Å². The van der Waals surface area contributed by atoms with Crippen LogP contribution in [0.3, 0.4) is 0 Å². The minimum atomic E-state index is -0.557. The molecule has 0 unspecified atom stereocenters. The fraction of sp³-hybridized carbons (Fsp3) is 0.467. The molecule has 0 heterocycles. The van der Waals surface area contributed by atoms with Gasteiger partial charge in [-0.3, -0.25) is 4.79 Å². The number of carbonyl (C=O) groups is 2. The Morgan fingerprint density at radius 1 is 1.04 bits per heavy atom. The van der Waals surface area contributed by atoms with Crippen LogP contribution in [0.4, 0.5) is 10.5 Å². The Kier molecular flexibility index (Phi) is 6.98. The summed E-state index contributed by atoms with van der Waals surface area (Å²) in [5.74, 6) is 1.13. The van der Waals surface area contributed by atoms with Crippen LogP contribution in [-0.2, 0) is 9.53 Å². The van der Waals surface area contributed by atoms with Gasteiger partial charge in [0.15, 0.2) is 11.5 Å². The Morgan fingerprint density at radius 3 is 2.00 bits per heavy atom. The summed E-state index contributed by atoms with van der Waals surface area (Å²) < 4.78 is 20.3. The van der Waals surface area contributed by atoms with Gasteiger partial charge in [-0.25, -0.2) is 4.79 Å². The van der Waals surface area contributed by atoms with Crippen molar-refractivity contribution in [3.05, 3.63) is 12.1 Å². The molecule has 0 radical (unpaired) electrons. The first-order valence-electron chi connectivity index (χ1n) is 6.88. The zero-order chi connectivity index (χ0) is 17.4. The summed E-state index contributed by atoms with van der Waals surface area (Å²) in [5, 5.41) is 2.52. The van der Waals surface area contributed by atoms with Crippen LogP contribution in [0.5, 0.6) is 17.2 Å². The predicted molar refractivity (Wildman–Crippen MR) is 84.5 cm³/mol. The number of alkyl carbamates (subject to hydrolysis) is 1. The highest BCUT2D eigenvalue weighted by molar-refractivity contribution is 5.92. The third-order valence-corrected chi connectivity index (χ3v) is 3.13. The maximum atomic E-state index is 11.9. The standard InChI is InChI=1S/C15H22N2O6/c1-10(18)17(7-6-16-15(19)23-5)11-8-12(20-2)14(22-4)13(9-11)21-3/h8-9H,6-7H2,1-5H3,(H,16,19). The van der Waals surface area contributed by atoms with E-state index in [-0.39, 0.29) is 19.0 Å². The van der Waals surface area contributed by atoms with E-state index in [1.165, 1.54) is 40.3 Å². The van der Waals surface area contributed by atoms with Crippen molar-refractivity contribution in [1.82, 2.24) is 5.32 Å². The molecule has 128 valence electrons. The molecule has 0 fully saturated rings. The number of methoxy groups -OCH3 is 4. The summed E-state index contributed by atoms with van der Waals surface area (Å²) in [7, 11) is 5.77. The maximum Gasteiger partial charge on any atom is 0.406 e. The molecule has 8 nitrogen and oxygen atoms in total. The molecule has 2 amide bonds. The molecular weight excluding hydrogens is 304 g/mol. The lowest BCUT2D eigenvalue weighted by atomic mass is 10.2. The Balaban J connectivity index is 3.07. The van der Waals surface area contributed by atoms with Gasteiger partial charge in [0.1, 0.15) is 0 Å². The summed E-state index contributed by atoms with van der Waals surface area (Å²) in [6, 6.07) is 3.34. The van der Waals surface area contributed by atoms with Gasteiger partial charge in [-0.1, -0.05) is 0 Å². The molecular formula is C15H22N2O6. The fourth-order valence-corrected chi connectivity index (χ4v) is 2.03. The number of anilines is 1. The van der Waals surface area contributed by atoms with Gasteiger partial charge in [0.25, 0.3) is 0 Å². The van der Waals surface area contributed by atoms with E-state index < -0.39 is 6.09 Å². The van der Waals surface area contributed by atoms with E-state index in [2.05, 4.69) is 10.1 Å². The van der Waals surface area contributed by atoms with Crippen molar-refractivity contribution in [3.8, 4) is 17.2 Å². The second-order valence-corrected chi connectivity index (χ2v) is 4.47. The number of hydrogen-bond donors (Lipinski definition) is 1. The first-order chi connectivity index (χ1) is 11.0. The molecule has 23 heavy (non-hydrogen) atoms. The van der Waals surface area contributed by atoms with Crippen LogP contribution >= 0.6 is 0 Å². The van der Waals surface area contributed by atoms with E-state index in [1.54, 1.807) is 12.1 Å². The Bertz CT molecular complexity index is 536. The van der Waals surface area contributed by atoms with Crippen molar-refractivity contribution in [2.45, 2.75) is 6.92 Å². The van der Waals surface area contributed by atoms with E-state index in [1.807, 2.05) is 0 Å². The molecule has 1 N–H and O–H groups in total. The maximum absolute atomic E-state index is 11.9. The summed E-state index contributed by atoms with van der Waals surface area (Å²) in [6.45, 7) is 1.94. The van der Waals surface area contributed by atoms with Gasteiger partial charge in [0, 0.05) is 32.1 Å². The van der Waals surface area contributed by atoms with E-state index in [0.29, 0.717) is 22.9 Å². The van der Waals surface area contributed by atoms with E-state index in [0.717, 1.165) is 0 Å². The number of hydrogen-bond acceptors (Lipinski definition) is 6. The number of amides is 2. The zero-order valence-electron chi connectivity index (χ0n) is 14.0. The van der Waals surface area contributed by atoms with Gasteiger partial charge >= 0.3 is 6.09 Å². The van der Waals surface area contributed by atoms with E-state index in [4.69, 9.17) is 14.2 Å². The van der Waals surface area contributed by atoms with Crippen molar-refractivity contribution in [1.29, 1.82) is 0 Å². The van der Waals surface area contributed by atoms with Crippen molar-refractivity contribution in [2.24, 2.45) is 0 Å². The zero-order valence-corrected chi connectivity index (χ0v) is 14.0. The Morgan fingerprint density at radius 2 is 1.61 bits per heavy atom. The second kappa shape index (κ2) is 8.72. The largest absolute Gasteiger partial charge is 0.493 e. The minimum absolute atomic E-state index is 0.189. The van der Waals surface area contributed by atoms with Crippen LogP contribution in [-0.4, -0.2) is 53.5 Å². The van der Waals surface area contributed by atoms with Gasteiger partial charge < -0.3 is 29.2 Å². The number of benzene rings is 1. The third-order valence-electron chi connectivity index (χ3n) is 3.13. The first kappa shape index (κ1) is 18.4. The normalized spacial score (nSPS) is 9.78. The second-order valence-electron chi connectivity index (χ2n) is 4.47. The predicted octanol–water partition coefficient (Wildman–Crippen LogP) is 1.42. The van der Waals surface area contributed by atoms with Crippen LogP contribution in [0.15, 0.2) is 12.1 Å². The molecule has 0 aromatic heterocycles. The molecule has 8 heteroatoms. The van der Waals surface area contributed by atoms with Crippen LogP contribution in [0.25, 0.3) is 0 Å². The summed E-state index contributed by atoms with van der Waals surface area (Å²) in [6.07, 6.45) is -0.557. The highest BCUT2D eigenvalue weighted by Crippen LogP contribution is 2.41. The van der Waals surface area contributed by atoms with Gasteiger partial charge in [0.05, 0.1) is 34.1 Å². The molecule has 0 spiro atoms. The van der Waals surface area contributed by atoms with Crippen molar-refractivity contribution in [2.75, 3.05) is 46.4 Å². The molecule has 1 rings (SSSR count). The highest BCUT2D eigenvalue weighted by atomic mass is 16.5. The van der Waals surface area contributed by atoms with E-state index >= 15 is 0 Å². The van der Waals surface area contributed by atoms with Crippen LogP contribution in [0.1, 0.15) is 6.92 Å². The van der Waals surface area contributed by atoms with Gasteiger partial charge in [-0.2, -0.15) is 0 Å². The topological polar surface area (TPSA) is 86.3 Å². The van der Waals surface area contributed by atoms with Crippen molar-refractivity contribution >= 4 is 17.7 Å². The Hall–Kier alpha value is -2.64. The van der Waals surface area contributed by atoms with Gasteiger partial charge in [0.2, 0.25) is 11.7 Å². The van der Waals surface area contributed by atoms with Crippen molar-refractivity contribution < 1.29 is 28.5 Å². The SMILES string of the molecule is COC(=O)NCCN(C(C)=O)c1cc(OC)c(OC)c(OC)c1. The average molecular weight is 326 g/mol. The molecule has 1 aromatic rings. The fourth-order valence-electron chi connectivity index (χ4n) is 2.03. The summed E-state index contributed by atoms with van der Waals surface area (Å²) in [4.78, 5) is 24.5. The number of carbonyl (C=O) groups excluding carboxylic acids is 2.